The van der Waals surface area contributed by atoms with Crippen molar-refractivity contribution >= 4 is 28.1 Å². The number of carbonyl (C=O) groups is 2. The number of halogens is 1. The maximum absolute atomic E-state index is 11.0. The number of carbonyl (C=O) groups excluding carboxylic acids is 2. The van der Waals surface area contributed by atoms with Crippen LogP contribution in [-0.2, 0) is 4.79 Å². The zero-order valence-electron chi connectivity index (χ0n) is 5.79. The Balaban J connectivity index is 2.66. The molecule has 0 unspecified atom stereocenters. The Kier molecular flexibility index (Phi) is 2.28. The molecule has 0 N–H and O–H groups in total. The van der Waals surface area contributed by atoms with Crippen molar-refractivity contribution in [3.63, 3.8) is 0 Å². The van der Waals surface area contributed by atoms with Crippen LogP contribution >= 0.6 is 16.1 Å². The highest BCUT2D eigenvalue weighted by Crippen LogP contribution is 2.13. The van der Waals surface area contributed by atoms with Crippen LogP contribution in [0.2, 0.25) is 0 Å². The summed E-state index contributed by atoms with van der Waals surface area (Å²) in [4.78, 5) is 23.3. The smallest absolute Gasteiger partial charge is 0.311 e. The molecule has 0 aromatic rings. The van der Waals surface area contributed by atoms with Crippen LogP contribution in [-0.4, -0.2) is 33.9 Å². The third-order valence-corrected chi connectivity index (χ3v) is 2.03. The van der Waals surface area contributed by atoms with Gasteiger partial charge in [-0.1, -0.05) is 6.08 Å². The lowest BCUT2D eigenvalue weighted by Gasteiger charge is -2.09. The number of urea groups is 1. The van der Waals surface area contributed by atoms with Gasteiger partial charge in [-0.15, -0.1) is 6.58 Å². The van der Waals surface area contributed by atoms with Gasteiger partial charge in [-0.05, 0) is 0 Å². The molecule has 1 saturated heterocycles. The van der Waals surface area contributed by atoms with E-state index in [1.54, 1.807) is 6.08 Å². The van der Waals surface area contributed by atoms with Gasteiger partial charge in [0.15, 0.2) is 0 Å². The second kappa shape index (κ2) is 3.04. The molecule has 0 aromatic carbocycles. The number of hydrogen-bond acceptors (Lipinski definition) is 2. The zero-order valence-corrected chi connectivity index (χ0v) is 7.37. The van der Waals surface area contributed by atoms with E-state index in [1.807, 2.05) is 0 Å². The summed E-state index contributed by atoms with van der Waals surface area (Å²) in [5.74, 6) is -0.239. The van der Waals surface area contributed by atoms with Crippen LogP contribution in [0.4, 0.5) is 4.79 Å². The first-order valence-electron chi connectivity index (χ1n) is 3.05. The minimum absolute atomic E-state index is 0.135. The summed E-state index contributed by atoms with van der Waals surface area (Å²) >= 11 is 2.84. The predicted molar refractivity (Wildman–Crippen MR) is 42.9 cm³/mol. The fourth-order valence-corrected chi connectivity index (χ4v) is 1.16. The summed E-state index contributed by atoms with van der Waals surface area (Å²) in [5, 5.41) is 0. The Morgan fingerprint density at radius 1 is 1.64 bits per heavy atom. The summed E-state index contributed by atoms with van der Waals surface area (Å²) < 4.78 is 0.927. The molecule has 1 rings (SSSR count). The van der Waals surface area contributed by atoms with E-state index in [0.29, 0.717) is 6.54 Å². The van der Waals surface area contributed by atoms with Gasteiger partial charge in [-0.3, -0.25) is 4.79 Å². The molecule has 0 spiro atoms. The van der Waals surface area contributed by atoms with Gasteiger partial charge in [-0.2, -0.15) is 3.93 Å². The van der Waals surface area contributed by atoms with Crippen molar-refractivity contribution in [3.8, 4) is 0 Å². The first-order valence-corrected chi connectivity index (χ1v) is 3.76. The lowest BCUT2D eigenvalue weighted by Crippen LogP contribution is -2.27. The van der Waals surface area contributed by atoms with Crippen molar-refractivity contribution in [2.45, 2.75) is 0 Å². The van der Waals surface area contributed by atoms with Crippen LogP contribution < -0.4 is 0 Å². The number of imide groups is 1. The largest absolute Gasteiger partial charge is 0.337 e. The molecule has 1 aliphatic heterocycles. The summed E-state index contributed by atoms with van der Waals surface area (Å²) in [7, 11) is 0. The quantitative estimate of drug-likeness (QED) is 0.390. The number of amides is 3. The third kappa shape index (κ3) is 1.42. The second-order valence-corrected chi connectivity index (χ2v) is 2.84. The van der Waals surface area contributed by atoms with Gasteiger partial charge in [0.05, 0.1) is 16.1 Å². The number of rotatable bonds is 2. The van der Waals surface area contributed by atoms with Crippen LogP contribution in [0.3, 0.4) is 0 Å². The van der Waals surface area contributed by atoms with Crippen LogP contribution in [0.1, 0.15) is 0 Å². The molecule has 0 bridgehead atoms. The van der Waals surface area contributed by atoms with Crippen LogP contribution in [0, 0.1) is 0 Å². The van der Waals surface area contributed by atoms with Gasteiger partial charge < -0.3 is 4.90 Å². The van der Waals surface area contributed by atoms with Gasteiger partial charge in [0.25, 0.3) is 5.91 Å². The Morgan fingerprint density at radius 2 is 2.27 bits per heavy atom. The number of nitrogens with zero attached hydrogens (tertiary/aromatic N) is 2. The second-order valence-electron chi connectivity index (χ2n) is 2.13. The molecule has 11 heavy (non-hydrogen) atoms. The van der Waals surface area contributed by atoms with Crippen molar-refractivity contribution in [1.29, 1.82) is 0 Å². The normalized spacial score (nSPS) is 17.9. The minimum Gasteiger partial charge on any atom is -0.311 e. The summed E-state index contributed by atoms with van der Waals surface area (Å²) in [5.41, 5.74) is 0. The van der Waals surface area contributed by atoms with E-state index in [9.17, 15) is 9.59 Å². The first kappa shape index (κ1) is 8.26. The average molecular weight is 219 g/mol. The SMILES string of the molecule is C=CCN1CC(=O)N(Br)C1=O. The molecule has 3 amide bonds. The lowest BCUT2D eigenvalue weighted by molar-refractivity contribution is -0.121. The first-order chi connectivity index (χ1) is 5.16. The Morgan fingerprint density at radius 3 is 2.64 bits per heavy atom. The van der Waals surface area contributed by atoms with Crippen molar-refractivity contribution in [1.82, 2.24) is 8.83 Å². The molecule has 60 valence electrons. The maximum Gasteiger partial charge on any atom is 0.337 e. The average Bonchev–Trinajstić information content (AvgIpc) is 2.19. The van der Waals surface area contributed by atoms with E-state index >= 15 is 0 Å². The number of hydrogen-bond donors (Lipinski definition) is 0. The van der Waals surface area contributed by atoms with E-state index in [1.165, 1.54) is 4.90 Å². The van der Waals surface area contributed by atoms with Gasteiger partial charge in [0, 0.05) is 6.54 Å². The molecule has 4 nitrogen and oxygen atoms in total. The van der Waals surface area contributed by atoms with E-state index in [0.717, 1.165) is 3.93 Å². The molecule has 0 atom stereocenters. The topological polar surface area (TPSA) is 40.6 Å². The molecular weight excluding hydrogens is 212 g/mol. The molecule has 1 heterocycles. The van der Waals surface area contributed by atoms with Crippen molar-refractivity contribution < 1.29 is 9.59 Å². The predicted octanol–water partition coefficient (Wildman–Crippen LogP) is 0.746. The zero-order chi connectivity index (χ0) is 8.43. The van der Waals surface area contributed by atoms with E-state index in [-0.39, 0.29) is 18.5 Å². The maximum atomic E-state index is 11.0. The van der Waals surface area contributed by atoms with E-state index in [2.05, 4.69) is 22.7 Å². The van der Waals surface area contributed by atoms with E-state index < -0.39 is 0 Å². The molecule has 1 fully saturated rings. The lowest BCUT2D eigenvalue weighted by atomic mass is 10.5. The van der Waals surface area contributed by atoms with Gasteiger partial charge in [-0.25, -0.2) is 4.79 Å². The van der Waals surface area contributed by atoms with Crippen molar-refractivity contribution in [2.24, 2.45) is 0 Å². The Labute approximate surface area is 72.8 Å². The molecule has 0 saturated carbocycles. The van der Waals surface area contributed by atoms with Gasteiger partial charge >= 0.3 is 6.03 Å². The van der Waals surface area contributed by atoms with Crippen LogP contribution in [0.5, 0.6) is 0 Å². The molecule has 5 heteroatoms. The fourth-order valence-electron chi connectivity index (χ4n) is 0.822. The Bertz CT molecular complexity index is 217. The van der Waals surface area contributed by atoms with Crippen LogP contribution in [0.15, 0.2) is 12.7 Å². The standard InChI is InChI=1S/C6H7BrN2O2/c1-2-3-8-4-5(10)9(7)6(8)11/h2H,1,3-4H2. The monoisotopic (exact) mass is 218 g/mol. The third-order valence-electron chi connectivity index (χ3n) is 1.33. The van der Waals surface area contributed by atoms with Crippen molar-refractivity contribution in [2.75, 3.05) is 13.1 Å². The van der Waals surface area contributed by atoms with Crippen molar-refractivity contribution in [3.05, 3.63) is 12.7 Å². The summed E-state index contributed by atoms with van der Waals surface area (Å²) in [6.45, 7) is 4.01. The van der Waals surface area contributed by atoms with E-state index in [4.69, 9.17) is 0 Å². The molecule has 0 radical (unpaired) electrons. The highest BCUT2D eigenvalue weighted by molar-refractivity contribution is 9.08. The highest BCUT2D eigenvalue weighted by atomic mass is 79.9. The molecule has 1 aliphatic rings. The van der Waals surface area contributed by atoms with Crippen LogP contribution in [0.25, 0.3) is 0 Å². The minimum atomic E-state index is -0.324. The molecule has 0 aromatic heterocycles. The summed E-state index contributed by atoms with van der Waals surface area (Å²) in [6, 6.07) is -0.324. The van der Waals surface area contributed by atoms with Gasteiger partial charge in [0.2, 0.25) is 0 Å². The highest BCUT2D eigenvalue weighted by Gasteiger charge is 2.33. The Hall–Kier alpha value is -0.840. The van der Waals surface area contributed by atoms with Gasteiger partial charge in [0.1, 0.15) is 6.54 Å². The molecule has 0 aliphatic carbocycles. The fraction of sp³-hybridized carbons (Fsp3) is 0.333. The summed E-state index contributed by atoms with van der Waals surface area (Å²) in [6.07, 6.45) is 1.58. The molecular formula is C6H7BrN2O2.